The summed E-state index contributed by atoms with van der Waals surface area (Å²) in [5.41, 5.74) is 2.27. The van der Waals surface area contributed by atoms with E-state index >= 15 is 0 Å². The van der Waals surface area contributed by atoms with Gasteiger partial charge >= 0.3 is 5.97 Å². The van der Waals surface area contributed by atoms with E-state index in [0.29, 0.717) is 17.6 Å². The Morgan fingerprint density at radius 2 is 1.59 bits per heavy atom. The Morgan fingerprint density at radius 1 is 1.05 bits per heavy atom. The van der Waals surface area contributed by atoms with Gasteiger partial charge in [0, 0.05) is 17.7 Å². The van der Waals surface area contributed by atoms with Crippen molar-refractivity contribution in [1.29, 1.82) is 0 Å². The van der Waals surface area contributed by atoms with E-state index in [1.54, 1.807) is 19.1 Å². The summed E-state index contributed by atoms with van der Waals surface area (Å²) in [6.45, 7) is 1.78. The molecular weight excluding hydrogens is 282 g/mol. The van der Waals surface area contributed by atoms with Crippen LogP contribution in [-0.2, 0) is 4.79 Å². The van der Waals surface area contributed by atoms with Crippen LogP contribution in [0.4, 0.5) is 5.69 Å². The highest BCUT2D eigenvalue weighted by Crippen LogP contribution is 2.29. The maximum atomic E-state index is 11.5. The number of nitrogens with zero attached hydrogens (tertiary/aromatic N) is 1. The van der Waals surface area contributed by atoms with Gasteiger partial charge in [0.25, 0.3) is 5.69 Å². The van der Waals surface area contributed by atoms with Crippen LogP contribution in [0.1, 0.15) is 24.5 Å². The molecule has 2 rings (SSSR count). The van der Waals surface area contributed by atoms with Crippen molar-refractivity contribution in [2.45, 2.75) is 13.3 Å². The molecule has 0 unspecified atom stereocenters. The number of benzene rings is 2. The Bertz CT molecular complexity index is 718. The zero-order valence-corrected chi connectivity index (χ0v) is 12.0. The molecule has 2 aromatic rings. The van der Waals surface area contributed by atoms with Crippen molar-refractivity contribution in [1.82, 2.24) is 0 Å². The second-order valence-corrected chi connectivity index (χ2v) is 4.68. The van der Waals surface area contributed by atoms with Gasteiger partial charge in [-0.3, -0.25) is 10.1 Å². The smallest absolute Gasteiger partial charge is 0.332 e. The molecule has 0 aliphatic rings. The number of nitro benzene ring substituents is 1. The predicted octanol–water partition coefficient (Wildman–Crippen LogP) is 3.89. The number of rotatable bonds is 5. The monoisotopic (exact) mass is 297 g/mol. The van der Waals surface area contributed by atoms with Gasteiger partial charge < -0.3 is 5.11 Å². The van der Waals surface area contributed by atoms with E-state index in [0.717, 1.165) is 5.56 Å². The molecule has 22 heavy (non-hydrogen) atoms. The first-order chi connectivity index (χ1) is 10.5. The standard InChI is InChI=1S/C17H15NO4/c1-2-15(17(19)20)16(12-6-4-3-5-7-12)13-8-10-14(11-9-13)18(21)22/h3-11H,2H2,1H3,(H,19,20). The highest BCUT2D eigenvalue weighted by molar-refractivity contribution is 6.00. The number of nitro groups is 1. The highest BCUT2D eigenvalue weighted by Gasteiger charge is 2.17. The summed E-state index contributed by atoms with van der Waals surface area (Å²) in [4.78, 5) is 21.8. The molecule has 0 saturated carbocycles. The largest absolute Gasteiger partial charge is 0.478 e. The minimum atomic E-state index is -0.986. The summed E-state index contributed by atoms with van der Waals surface area (Å²) in [7, 11) is 0. The second kappa shape index (κ2) is 6.67. The lowest BCUT2D eigenvalue weighted by atomic mass is 9.91. The van der Waals surface area contributed by atoms with Gasteiger partial charge in [-0.1, -0.05) is 37.3 Å². The molecule has 0 radical (unpaired) electrons. The normalized spacial score (nSPS) is 11.7. The van der Waals surface area contributed by atoms with Gasteiger partial charge in [0.2, 0.25) is 0 Å². The van der Waals surface area contributed by atoms with Gasteiger partial charge in [0.1, 0.15) is 0 Å². The maximum absolute atomic E-state index is 11.5. The molecule has 0 saturated heterocycles. The lowest BCUT2D eigenvalue weighted by Crippen LogP contribution is -2.05. The van der Waals surface area contributed by atoms with E-state index in [-0.39, 0.29) is 11.3 Å². The first-order valence-corrected chi connectivity index (χ1v) is 6.81. The van der Waals surface area contributed by atoms with E-state index in [1.165, 1.54) is 12.1 Å². The molecule has 0 aliphatic heterocycles. The molecule has 5 heteroatoms. The number of aliphatic carboxylic acids is 1. The number of non-ortho nitro benzene ring substituents is 1. The summed E-state index contributed by atoms with van der Waals surface area (Å²) in [5.74, 6) is -0.986. The van der Waals surface area contributed by atoms with Crippen LogP contribution in [0.3, 0.4) is 0 Å². The van der Waals surface area contributed by atoms with Crippen LogP contribution >= 0.6 is 0 Å². The third-order valence-electron chi connectivity index (χ3n) is 3.34. The first-order valence-electron chi connectivity index (χ1n) is 6.81. The second-order valence-electron chi connectivity index (χ2n) is 4.68. The Labute approximate surface area is 127 Å². The van der Waals surface area contributed by atoms with Crippen molar-refractivity contribution in [2.24, 2.45) is 0 Å². The molecule has 0 heterocycles. The quantitative estimate of drug-likeness (QED) is 0.515. The third kappa shape index (κ3) is 3.20. The van der Waals surface area contributed by atoms with Gasteiger partial charge in [0.05, 0.1) is 4.92 Å². The Kier molecular flexibility index (Phi) is 4.68. The molecule has 0 bridgehead atoms. The molecule has 112 valence electrons. The van der Waals surface area contributed by atoms with Gasteiger partial charge in [-0.25, -0.2) is 4.79 Å². The molecule has 1 N–H and O–H groups in total. The summed E-state index contributed by atoms with van der Waals surface area (Å²) in [6.07, 6.45) is 0.358. The lowest BCUT2D eigenvalue weighted by Gasteiger charge is -2.12. The van der Waals surface area contributed by atoms with Crippen molar-refractivity contribution >= 4 is 17.2 Å². The predicted molar refractivity (Wildman–Crippen MR) is 83.5 cm³/mol. The van der Waals surface area contributed by atoms with Crippen molar-refractivity contribution in [2.75, 3.05) is 0 Å². The van der Waals surface area contributed by atoms with Crippen LogP contribution < -0.4 is 0 Å². The van der Waals surface area contributed by atoms with Crippen molar-refractivity contribution in [3.8, 4) is 0 Å². The summed E-state index contributed by atoms with van der Waals surface area (Å²) in [5, 5.41) is 20.2. The molecule has 0 aliphatic carbocycles. The van der Waals surface area contributed by atoms with Crippen molar-refractivity contribution < 1.29 is 14.8 Å². The van der Waals surface area contributed by atoms with Crippen LogP contribution in [-0.4, -0.2) is 16.0 Å². The van der Waals surface area contributed by atoms with Gasteiger partial charge in [-0.2, -0.15) is 0 Å². The molecule has 0 atom stereocenters. The Hall–Kier alpha value is -2.95. The number of hydrogen-bond acceptors (Lipinski definition) is 3. The average molecular weight is 297 g/mol. The molecule has 2 aromatic carbocycles. The fraction of sp³-hybridized carbons (Fsp3) is 0.118. The van der Waals surface area contributed by atoms with E-state index < -0.39 is 10.9 Å². The Balaban J connectivity index is 2.64. The topological polar surface area (TPSA) is 80.4 Å². The van der Waals surface area contributed by atoms with E-state index in [2.05, 4.69) is 0 Å². The zero-order chi connectivity index (χ0) is 16.1. The van der Waals surface area contributed by atoms with Crippen LogP contribution in [0.5, 0.6) is 0 Å². The van der Waals surface area contributed by atoms with Gasteiger partial charge in [-0.05, 0) is 35.3 Å². The van der Waals surface area contributed by atoms with Crippen LogP contribution in [0, 0.1) is 10.1 Å². The first kappa shape index (κ1) is 15.4. The molecule has 0 aromatic heterocycles. The van der Waals surface area contributed by atoms with Crippen molar-refractivity contribution in [3.05, 3.63) is 81.4 Å². The molecule has 0 spiro atoms. The Morgan fingerprint density at radius 3 is 2.05 bits per heavy atom. The zero-order valence-electron chi connectivity index (χ0n) is 12.0. The van der Waals surface area contributed by atoms with Gasteiger partial charge in [0.15, 0.2) is 0 Å². The fourth-order valence-corrected chi connectivity index (χ4v) is 2.30. The van der Waals surface area contributed by atoms with E-state index in [1.807, 2.05) is 30.3 Å². The molecule has 0 fully saturated rings. The average Bonchev–Trinajstić information content (AvgIpc) is 2.53. The molecule has 0 amide bonds. The summed E-state index contributed by atoms with van der Waals surface area (Å²) >= 11 is 0. The highest BCUT2D eigenvalue weighted by atomic mass is 16.6. The number of carboxylic acids is 1. The van der Waals surface area contributed by atoms with Crippen LogP contribution in [0.25, 0.3) is 5.57 Å². The van der Waals surface area contributed by atoms with Gasteiger partial charge in [-0.15, -0.1) is 0 Å². The minimum absolute atomic E-state index is 0.0236. The van der Waals surface area contributed by atoms with Crippen LogP contribution in [0.15, 0.2) is 60.2 Å². The maximum Gasteiger partial charge on any atom is 0.332 e. The summed E-state index contributed by atoms with van der Waals surface area (Å²) < 4.78 is 0. The number of carbonyl (C=O) groups is 1. The molecular formula is C17H15NO4. The van der Waals surface area contributed by atoms with Crippen LogP contribution in [0.2, 0.25) is 0 Å². The third-order valence-corrected chi connectivity index (χ3v) is 3.34. The number of carboxylic acid groups (broad SMARTS) is 1. The lowest BCUT2D eigenvalue weighted by molar-refractivity contribution is -0.384. The minimum Gasteiger partial charge on any atom is -0.478 e. The SMILES string of the molecule is CCC(C(=O)O)=C(c1ccccc1)c1ccc([N+](=O)[O-])cc1. The molecule has 5 nitrogen and oxygen atoms in total. The number of hydrogen-bond donors (Lipinski definition) is 1. The summed E-state index contributed by atoms with van der Waals surface area (Å²) in [6, 6.07) is 15.1. The fourth-order valence-electron chi connectivity index (χ4n) is 2.30. The van der Waals surface area contributed by atoms with E-state index in [4.69, 9.17) is 0 Å². The van der Waals surface area contributed by atoms with Crippen molar-refractivity contribution in [3.63, 3.8) is 0 Å². The van der Waals surface area contributed by atoms with E-state index in [9.17, 15) is 20.0 Å².